The van der Waals surface area contributed by atoms with Gasteiger partial charge in [-0.05, 0) is 37.3 Å². The van der Waals surface area contributed by atoms with Gasteiger partial charge in [0.15, 0.2) is 0 Å². The lowest BCUT2D eigenvalue weighted by Gasteiger charge is -2.23. The highest BCUT2D eigenvalue weighted by Crippen LogP contribution is 2.22. The van der Waals surface area contributed by atoms with Crippen LogP contribution < -0.4 is 0 Å². The smallest absolute Gasteiger partial charge is 0.246 e. The van der Waals surface area contributed by atoms with Crippen molar-refractivity contribution in [1.82, 2.24) is 9.88 Å². The van der Waals surface area contributed by atoms with Gasteiger partial charge < -0.3 is 4.90 Å². The molecule has 1 amide bonds. The second-order valence-corrected chi connectivity index (χ2v) is 6.48. The van der Waals surface area contributed by atoms with E-state index >= 15 is 0 Å². The van der Waals surface area contributed by atoms with Gasteiger partial charge >= 0.3 is 0 Å². The van der Waals surface area contributed by atoms with E-state index in [2.05, 4.69) is 29.2 Å². The summed E-state index contributed by atoms with van der Waals surface area (Å²) in [5.74, 6) is 0.116. The van der Waals surface area contributed by atoms with Crippen LogP contribution in [0.3, 0.4) is 0 Å². The van der Waals surface area contributed by atoms with Gasteiger partial charge in [-0.15, -0.1) is 11.3 Å². The number of nitrogens with zero attached hydrogens (tertiary/aromatic N) is 2. The van der Waals surface area contributed by atoms with Crippen molar-refractivity contribution in [3.8, 4) is 0 Å². The van der Waals surface area contributed by atoms with Crippen LogP contribution in [0.25, 0.3) is 6.08 Å². The Labute approximate surface area is 135 Å². The first-order chi connectivity index (χ1) is 10.8. The maximum absolute atomic E-state index is 12.4. The molecule has 1 aliphatic heterocycles. The van der Waals surface area contributed by atoms with Crippen LogP contribution in [0.2, 0.25) is 0 Å². The van der Waals surface area contributed by atoms with Crippen LogP contribution in [-0.4, -0.2) is 28.4 Å². The standard InChI is InChI=1S/C18H20N2OS/c21-18(11-10-17-19-12-14-22-17)20-13-4-7-16(20)9-8-15-5-2-1-3-6-15/h1-3,5-6,10-12,14,16H,4,7-9,13H2/b11-10-/t16-/m1/s1. The van der Waals surface area contributed by atoms with Crippen LogP contribution in [0.4, 0.5) is 0 Å². The Balaban J connectivity index is 1.57. The number of benzene rings is 1. The van der Waals surface area contributed by atoms with Crippen molar-refractivity contribution in [2.45, 2.75) is 31.7 Å². The molecular weight excluding hydrogens is 292 g/mol. The summed E-state index contributed by atoms with van der Waals surface area (Å²) in [6.45, 7) is 0.875. The Kier molecular flexibility index (Phi) is 5.01. The Morgan fingerprint density at radius 2 is 2.23 bits per heavy atom. The molecule has 1 atom stereocenters. The van der Waals surface area contributed by atoms with Crippen LogP contribution in [-0.2, 0) is 11.2 Å². The molecule has 1 fully saturated rings. The predicted molar refractivity (Wildman–Crippen MR) is 90.6 cm³/mol. The summed E-state index contributed by atoms with van der Waals surface area (Å²) < 4.78 is 0. The van der Waals surface area contributed by atoms with Crippen LogP contribution >= 0.6 is 11.3 Å². The Hall–Kier alpha value is -1.94. The third-order valence-corrected chi connectivity index (χ3v) is 4.83. The highest BCUT2D eigenvalue weighted by molar-refractivity contribution is 7.10. The molecule has 3 nitrogen and oxygen atoms in total. The van der Waals surface area contributed by atoms with E-state index < -0.39 is 0 Å². The quantitative estimate of drug-likeness (QED) is 0.787. The van der Waals surface area contributed by atoms with E-state index in [1.54, 1.807) is 23.6 Å². The molecule has 22 heavy (non-hydrogen) atoms. The van der Waals surface area contributed by atoms with Crippen molar-refractivity contribution in [3.05, 3.63) is 58.6 Å². The Morgan fingerprint density at radius 3 is 3.00 bits per heavy atom. The van der Waals surface area contributed by atoms with Gasteiger partial charge in [0.1, 0.15) is 5.01 Å². The van der Waals surface area contributed by atoms with Gasteiger partial charge in [-0.2, -0.15) is 0 Å². The molecule has 1 aliphatic rings. The van der Waals surface area contributed by atoms with Gasteiger partial charge in [0, 0.05) is 30.2 Å². The first-order valence-electron chi connectivity index (χ1n) is 7.75. The third-order valence-electron chi connectivity index (χ3n) is 4.09. The number of rotatable bonds is 5. The molecule has 114 valence electrons. The second-order valence-electron chi connectivity index (χ2n) is 5.56. The van der Waals surface area contributed by atoms with Crippen molar-refractivity contribution >= 4 is 23.3 Å². The molecule has 0 radical (unpaired) electrons. The van der Waals surface area contributed by atoms with Gasteiger partial charge in [-0.3, -0.25) is 4.79 Å². The minimum absolute atomic E-state index is 0.116. The molecule has 2 heterocycles. The van der Waals surface area contributed by atoms with E-state index in [0.717, 1.165) is 37.2 Å². The van der Waals surface area contributed by atoms with Crippen molar-refractivity contribution in [2.75, 3.05) is 6.54 Å². The van der Waals surface area contributed by atoms with Gasteiger partial charge in [0.25, 0.3) is 0 Å². The first-order valence-corrected chi connectivity index (χ1v) is 8.63. The molecule has 1 aromatic heterocycles. The summed E-state index contributed by atoms with van der Waals surface area (Å²) in [6.07, 6.45) is 9.54. The lowest BCUT2D eigenvalue weighted by molar-refractivity contribution is -0.126. The second kappa shape index (κ2) is 7.36. The van der Waals surface area contributed by atoms with E-state index in [4.69, 9.17) is 0 Å². The fraction of sp³-hybridized carbons (Fsp3) is 0.333. The van der Waals surface area contributed by atoms with E-state index in [1.807, 2.05) is 22.4 Å². The SMILES string of the molecule is O=C(/C=C\c1nccs1)N1CCC[C@@H]1CCc1ccccc1. The molecule has 3 rings (SSSR count). The molecule has 4 heteroatoms. The number of carbonyl (C=O) groups is 1. The summed E-state index contributed by atoms with van der Waals surface area (Å²) in [6, 6.07) is 10.9. The van der Waals surface area contributed by atoms with Gasteiger partial charge in [-0.1, -0.05) is 30.3 Å². The normalized spacial score (nSPS) is 18.2. The summed E-state index contributed by atoms with van der Waals surface area (Å²) in [4.78, 5) is 18.6. The Bertz CT molecular complexity index is 622. The lowest BCUT2D eigenvalue weighted by atomic mass is 10.0. The van der Waals surface area contributed by atoms with Crippen molar-refractivity contribution in [3.63, 3.8) is 0 Å². The molecule has 0 bridgehead atoms. The number of aryl methyl sites for hydroxylation is 1. The number of thiazole rings is 1. The van der Waals surface area contributed by atoms with Gasteiger partial charge in [-0.25, -0.2) is 4.98 Å². The molecule has 1 aromatic carbocycles. The topological polar surface area (TPSA) is 33.2 Å². The first kappa shape index (κ1) is 15.0. The molecule has 2 aromatic rings. The fourth-order valence-corrected chi connectivity index (χ4v) is 3.49. The van der Waals surface area contributed by atoms with Crippen LogP contribution in [0.1, 0.15) is 29.8 Å². The molecule has 0 saturated carbocycles. The number of carbonyl (C=O) groups excluding carboxylic acids is 1. The molecule has 0 N–H and O–H groups in total. The van der Waals surface area contributed by atoms with Crippen molar-refractivity contribution in [2.24, 2.45) is 0 Å². The third kappa shape index (κ3) is 3.83. The molecule has 0 unspecified atom stereocenters. The largest absolute Gasteiger partial charge is 0.336 e. The minimum atomic E-state index is 0.116. The van der Waals surface area contributed by atoms with Crippen molar-refractivity contribution in [1.29, 1.82) is 0 Å². The average Bonchev–Trinajstić information content (AvgIpc) is 3.23. The average molecular weight is 312 g/mol. The van der Waals surface area contributed by atoms with Crippen molar-refractivity contribution < 1.29 is 4.79 Å². The zero-order valence-corrected chi connectivity index (χ0v) is 13.3. The summed E-state index contributed by atoms with van der Waals surface area (Å²) in [5.41, 5.74) is 1.35. The van der Waals surface area contributed by atoms with Gasteiger partial charge in [0.2, 0.25) is 5.91 Å². The molecule has 0 aliphatic carbocycles. The van der Waals surface area contributed by atoms with Crippen LogP contribution in [0, 0.1) is 0 Å². The lowest BCUT2D eigenvalue weighted by Crippen LogP contribution is -2.34. The number of hydrogen-bond donors (Lipinski definition) is 0. The molecular formula is C18H20N2OS. The van der Waals surface area contributed by atoms with E-state index in [1.165, 1.54) is 5.56 Å². The minimum Gasteiger partial charge on any atom is -0.336 e. The highest BCUT2D eigenvalue weighted by Gasteiger charge is 2.26. The van der Waals surface area contributed by atoms with Crippen LogP contribution in [0.5, 0.6) is 0 Å². The monoisotopic (exact) mass is 312 g/mol. The number of amides is 1. The maximum Gasteiger partial charge on any atom is 0.246 e. The molecule has 0 spiro atoms. The zero-order chi connectivity index (χ0) is 15.2. The Morgan fingerprint density at radius 1 is 1.36 bits per heavy atom. The molecule has 1 saturated heterocycles. The number of likely N-dealkylation sites (tertiary alicyclic amines) is 1. The summed E-state index contributed by atoms with van der Waals surface area (Å²) >= 11 is 1.55. The van der Waals surface area contributed by atoms with E-state index in [0.29, 0.717) is 6.04 Å². The predicted octanol–water partition coefficient (Wildman–Crippen LogP) is 3.78. The zero-order valence-electron chi connectivity index (χ0n) is 12.5. The van der Waals surface area contributed by atoms with Gasteiger partial charge in [0.05, 0.1) is 0 Å². The van der Waals surface area contributed by atoms with E-state index in [-0.39, 0.29) is 5.91 Å². The fourth-order valence-electron chi connectivity index (χ4n) is 2.96. The van der Waals surface area contributed by atoms with Crippen LogP contribution in [0.15, 0.2) is 48.0 Å². The highest BCUT2D eigenvalue weighted by atomic mass is 32.1. The maximum atomic E-state index is 12.4. The number of aromatic nitrogens is 1. The number of hydrogen-bond acceptors (Lipinski definition) is 3. The summed E-state index contributed by atoms with van der Waals surface area (Å²) in [5, 5.41) is 2.80. The summed E-state index contributed by atoms with van der Waals surface area (Å²) in [7, 11) is 0. The van der Waals surface area contributed by atoms with E-state index in [9.17, 15) is 4.79 Å².